The third kappa shape index (κ3) is 6.09. The number of carbonyl (C=O) groups excluding carboxylic acids is 2. The van der Waals surface area contributed by atoms with E-state index in [2.05, 4.69) is 22.5 Å². The lowest BCUT2D eigenvalue weighted by Gasteiger charge is -2.12. The van der Waals surface area contributed by atoms with Crippen LogP contribution in [0.4, 0.5) is 15.8 Å². The van der Waals surface area contributed by atoms with Crippen molar-refractivity contribution in [3.8, 4) is 17.6 Å². The molecule has 0 aliphatic rings. The minimum Gasteiger partial charge on any atom is -0.483 e. The van der Waals surface area contributed by atoms with Crippen molar-refractivity contribution in [1.29, 1.82) is 0 Å². The Morgan fingerprint density at radius 2 is 1.71 bits per heavy atom. The van der Waals surface area contributed by atoms with Gasteiger partial charge in [0.05, 0.1) is 16.1 Å². The molecule has 0 saturated heterocycles. The highest BCUT2D eigenvalue weighted by atomic mass is 32.1. The van der Waals surface area contributed by atoms with Gasteiger partial charge in [-0.15, -0.1) is 11.3 Å². The lowest BCUT2D eigenvalue weighted by atomic mass is 10.1. The normalized spacial score (nSPS) is 10.0. The highest BCUT2D eigenvalue weighted by Gasteiger charge is 2.14. The fraction of sp³-hybridized carbons (Fsp3) is 0.0370. The lowest BCUT2D eigenvalue weighted by Crippen LogP contribution is -2.22. The quantitative estimate of drug-likeness (QED) is 0.363. The van der Waals surface area contributed by atoms with E-state index in [1.807, 2.05) is 29.6 Å². The zero-order valence-corrected chi connectivity index (χ0v) is 18.7. The summed E-state index contributed by atoms with van der Waals surface area (Å²) in [6.07, 6.45) is 0. The van der Waals surface area contributed by atoms with Crippen LogP contribution in [0.1, 0.15) is 20.8 Å². The second-order valence-electron chi connectivity index (χ2n) is 7.08. The largest absolute Gasteiger partial charge is 0.483 e. The number of rotatable bonds is 6. The molecule has 2 amide bonds. The maximum absolute atomic E-state index is 13.7. The van der Waals surface area contributed by atoms with E-state index in [0.29, 0.717) is 5.69 Å². The van der Waals surface area contributed by atoms with Crippen molar-refractivity contribution in [2.45, 2.75) is 0 Å². The number of anilines is 2. The summed E-state index contributed by atoms with van der Waals surface area (Å²) in [5.74, 6) is 4.92. The maximum Gasteiger partial charge on any atom is 0.262 e. The summed E-state index contributed by atoms with van der Waals surface area (Å²) in [5.41, 5.74) is 1.66. The summed E-state index contributed by atoms with van der Waals surface area (Å²) >= 11 is 1.56. The summed E-state index contributed by atoms with van der Waals surface area (Å²) < 4.78 is 19.3. The molecule has 4 rings (SSSR count). The molecule has 3 aromatic carbocycles. The van der Waals surface area contributed by atoms with Gasteiger partial charge in [-0.2, -0.15) is 0 Å². The van der Waals surface area contributed by atoms with Crippen LogP contribution in [0, 0.1) is 17.7 Å². The maximum atomic E-state index is 13.7. The van der Waals surface area contributed by atoms with Gasteiger partial charge in [0, 0.05) is 11.3 Å². The highest BCUT2D eigenvalue weighted by Crippen LogP contribution is 2.21. The van der Waals surface area contributed by atoms with Crippen molar-refractivity contribution in [2.75, 3.05) is 17.2 Å². The summed E-state index contributed by atoms with van der Waals surface area (Å²) in [7, 11) is 0. The number of ether oxygens (including phenoxy) is 1. The Bertz CT molecular complexity index is 1370. The molecule has 1 aromatic heterocycles. The van der Waals surface area contributed by atoms with E-state index in [9.17, 15) is 14.0 Å². The van der Waals surface area contributed by atoms with Crippen LogP contribution in [-0.2, 0) is 4.79 Å². The molecular weight excluding hydrogens is 451 g/mol. The van der Waals surface area contributed by atoms with Crippen LogP contribution in [0.15, 0.2) is 90.3 Å². The first-order valence-corrected chi connectivity index (χ1v) is 11.2. The fourth-order valence-electron chi connectivity index (χ4n) is 3.03. The molecule has 0 spiro atoms. The van der Waals surface area contributed by atoms with E-state index >= 15 is 0 Å². The number of hydrogen-bond donors (Lipinski definition) is 2. The standard InChI is InChI=1S/C27H19FN2O3S/c28-23-11-2-3-12-24(23)30-26(31)18-33-25-13-4-1-10-22(25)27(32)29-20-8-5-7-19(17-20)14-15-21-9-6-16-34-21/h1-13,16-17H,18H2,(H,29,32)(H,30,31). The SMILES string of the molecule is O=C(COc1ccccc1C(=O)Nc1cccc(C#Cc2cccs2)c1)Nc1ccccc1F. The minimum atomic E-state index is -0.544. The predicted molar refractivity (Wildman–Crippen MR) is 132 cm³/mol. The van der Waals surface area contributed by atoms with E-state index in [4.69, 9.17) is 4.74 Å². The first kappa shape index (κ1) is 22.8. The molecule has 34 heavy (non-hydrogen) atoms. The Labute approximate surface area is 200 Å². The van der Waals surface area contributed by atoms with E-state index in [1.54, 1.807) is 53.8 Å². The first-order valence-electron chi connectivity index (χ1n) is 10.3. The summed E-state index contributed by atoms with van der Waals surface area (Å²) in [6.45, 7) is -0.383. The predicted octanol–water partition coefficient (Wildman–Crippen LogP) is 5.56. The van der Waals surface area contributed by atoms with Crippen LogP contribution < -0.4 is 15.4 Å². The van der Waals surface area contributed by atoms with Gasteiger partial charge in [-0.05, 0) is 53.9 Å². The average molecular weight is 471 g/mol. The number of nitrogens with one attached hydrogen (secondary N) is 2. The number of thiophene rings is 1. The van der Waals surface area contributed by atoms with E-state index in [0.717, 1.165) is 10.4 Å². The number of halogens is 1. The molecule has 4 aromatic rings. The van der Waals surface area contributed by atoms with Gasteiger partial charge in [-0.1, -0.05) is 48.2 Å². The van der Waals surface area contributed by atoms with Crippen LogP contribution in [0.25, 0.3) is 0 Å². The molecular formula is C27H19FN2O3S. The van der Waals surface area contributed by atoms with Gasteiger partial charge in [0.2, 0.25) is 0 Å². The molecule has 2 N–H and O–H groups in total. The second kappa shape index (κ2) is 10.9. The van der Waals surface area contributed by atoms with Crippen LogP contribution >= 0.6 is 11.3 Å². The molecule has 0 radical (unpaired) electrons. The van der Waals surface area contributed by atoms with Gasteiger partial charge >= 0.3 is 0 Å². The van der Waals surface area contributed by atoms with Gasteiger partial charge in [0.1, 0.15) is 11.6 Å². The molecule has 5 nitrogen and oxygen atoms in total. The number of amides is 2. The third-order valence-electron chi connectivity index (χ3n) is 4.61. The number of para-hydroxylation sites is 2. The highest BCUT2D eigenvalue weighted by molar-refractivity contribution is 7.10. The summed E-state index contributed by atoms with van der Waals surface area (Å²) in [5, 5.41) is 7.24. The van der Waals surface area contributed by atoms with Gasteiger partial charge in [-0.3, -0.25) is 9.59 Å². The first-order chi connectivity index (χ1) is 16.6. The Hall–Kier alpha value is -4.41. The molecule has 168 valence electrons. The molecule has 0 bridgehead atoms. The zero-order valence-electron chi connectivity index (χ0n) is 17.9. The number of hydrogen-bond acceptors (Lipinski definition) is 4. The molecule has 0 unspecified atom stereocenters. The molecule has 0 saturated carbocycles. The van der Waals surface area contributed by atoms with E-state index in [1.165, 1.54) is 18.2 Å². The summed E-state index contributed by atoms with van der Waals surface area (Å²) in [4.78, 5) is 26.0. The second-order valence-corrected chi connectivity index (χ2v) is 8.02. The van der Waals surface area contributed by atoms with E-state index in [-0.39, 0.29) is 23.6 Å². The van der Waals surface area contributed by atoms with Crippen LogP contribution in [0.3, 0.4) is 0 Å². The topological polar surface area (TPSA) is 67.4 Å². The zero-order chi connectivity index (χ0) is 23.8. The van der Waals surface area contributed by atoms with Gasteiger partial charge < -0.3 is 15.4 Å². The molecule has 1 heterocycles. The number of benzene rings is 3. The third-order valence-corrected chi connectivity index (χ3v) is 5.40. The smallest absolute Gasteiger partial charge is 0.262 e. The van der Waals surface area contributed by atoms with Crippen molar-refractivity contribution in [2.24, 2.45) is 0 Å². The van der Waals surface area contributed by atoms with Crippen LogP contribution in [-0.4, -0.2) is 18.4 Å². The van der Waals surface area contributed by atoms with Gasteiger partial charge in [-0.25, -0.2) is 4.39 Å². The Balaban J connectivity index is 1.41. The van der Waals surface area contributed by atoms with Crippen molar-refractivity contribution < 1.29 is 18.7 Å². The number of carbonyl (C=O) groups is 2. The molecule has 0 atom stereocenters. The van der Waals surface area contributed by atoms with Gasteiger partial charge in [0.25, 0.3) is 11.8 Å². The fourth-order valence-corrected chi connectivity index (χ4v) is 3.60. The summed E-state index contributed by atoms with van der Waals surface area (Å²) in [6, 6.07) is 23.5. The molecule has 0 fully saturated rings. The molecule has 0 aliphatic heterocycles. The Morgan fingerprint density at radius 1 is 0.882 bits per heavy atom. The van der Waals surface area contributed by atoms with Crippen LogP contribution in [0.5, 0.6) is 5.75 Å². The Kier molecular flexibility index (Phi) is 7.33. The van der Waals surface area contributed by atoms with Crippen molar-refractivity contribution in [3.63, 3.8) is 0 Å². The van der Waals surface area contributed by atoms with E-state index < -0.39 is 17.6 Å². The minimum absolute atomic E-state index is 0.0594. The van der Waals surface area contributed by atoms with Gasteiger partial charge in [0.15, 0.2) is 6.61 Å². The molecule has 7 heteroatoms. The Morgan fingerprint density at radius 3 is 2.53 bits per heavy atom. The van der Waals surface area contributed by atoms with Crippen LogP contribution in [0.2, 0.25) is 0 Å². The van der Waals surface area contributed by atoms with Crippen molar-refractivity contribution in [1.82, 2.24) is 0 Å². The lowest BCUT2D eigenvalue weighted by molar-refractivity contribution is -0.118. The van der Waals surface area contributed by atoms with Crippen molar-refractivity contribution in [3.05, 3.63) is 112 Å². The monoisotopic (exact) mass is 470 g/mol. The molecule has 0 aliphatic carbocycles. The van der Waals surface area contributed by atoms with Crippen molar-refractivity contribution >= 4 is 34.5 Å². The average Bonchev–Trinajstić information content (AvgIpc) is 3.37.